The normalized spacial score (nSPS) is 12.7. The van der Waals surface area contributed by atoms with Crippen LogP contribution in [-0.4, -0.2) is 49.5 Å². The molecule has 0 radical (unpaired) electrons. The van der Waals surface area contributed by atoms with Gasteiger partial charge in [0.05, 0.1) is 11.9 Å². The van der Waals surface area contributed by atoms with Crippen LogP contribution < -0.4 is 9.62 Å². The summed E-state index contributed by atoms with van der Waals surface area (Å²) in [5.74, 6) is -0.780. The van der Waals surface area contributed by atoms with E-state index in [0.717, 1.165) is 26.2 Å². The van der Waals surface area contributed by atoms with Gasteiger partial charge in [0.1, 0.15) is 12.6 Å². The van der Waals surface area contributed by atoms with E-state index >= 15 is 0 Å². The number of nitrogens with one attached hydrogen (secondary N) is 1. The minimum Gasteiger partial charge on any atom is -0.350 e. The van der Waals surface area contributed by atoms with Crippen LogP contribution in [0.4, 0.5) is 5.69 Å². The second-order valence-corrected chi connectivity index (χ2v) is 12.0. The van der Waals surface area contributed by atoms with E-state index in [2.05, 4.69) is 21.2 Å². The van der Waals surface area contributed by atoms with Crippen molar-refractivity contribution < 1.29 is 18.0 Å². The molecule has 0 saturated carbocycles. The minimum absolute atomic E-state index is 0.176. The molecule has 2 aromatic carbocycles. The number of halogens is 1. The zero-order valence-corrected chi connectivity index (χ0v) is 22.3. The maximum absolute atomic E-state index is 13.5. The molecule has 0 unspecified atom stereocenters. The molecule has 0 aliphatic rings. The average Bonchev–Trinajstić information content (AvgIpc) is 2.69. The zero-order chi connectivity index (χ0) is 25.0. The van der Waals surface area contributed by atoms with Crippen molar-refractivity contribution in [2.75, 3.05) is 17.1 Å². The summed E-state index contributed by atoms with van der Waals surface area (Å²) in [4.78, 5) is 27.8. The van der Waals surface area contributed by atoms with Crippen LogP contribution in [0.5, 0.6) is 0 Å². The first-order valence-electron chi connectivity index (χ1n) is 10.6. The first-order chi connectivity index (χ1) is 15.2. The number of carbonyl (C=O) groups is 2. The predicted octanol–water partition coefficient (Wildman–Crippen LogP) is 3.86. The van der Waals surface area contributed by atoms with Gasteiger partial charge in [0.25, 0.3) is 0 Å². The van der Waals surface area contributed by atoms with Crippen LogP contribution >= 0.6 is 15.9 Å². The predicted molar refractivity (Wildman–Crippen MR) is 135 cm³/mol. The molecule has 0 aliphatic carbocycles. The summed E-state index contributed by atoms with van der Waals surface area (Å²) in [7, 11) is -3.74. The summed E-state index contributed by atoms with van der Waals surface area (Å²) in [6.07, 6.45) is 1.06. The molecule has 0 heterocycles. The maximum Gasteiger partial charge on any atom is 0.244 e. The second-order valence-electron chi connectivity index (χ2n) is 9.17. The van der Waals surface area contributed by atoms with Crippen molar-refractivity contribution in [2.45, 2.75) is 52.7 Å². The van der Waals surface area contributed by atoms with Gasteiger partial charge in [0.15, 0.2) is 0 Å². The third kappa shape index (κ3) is 8.16. The van der Waals surface area contributed by atoms with Gasteiger partial charge in [-0.05, 0) is 64.4 Å². The van der Waals surface area contributed by atoms with Crippen molar-refractivity contribution in [1.82, 2.24) is 10.2 Å². The molecule has 9 heteroatoms. The molecule has 7 nitrogen and oxygen atoms in total. The number of anilines is 1. The number of carbonyl (C=O) groups excluding carboxylic acids is 2. The van der Waals surface area contributed by atoms with Crippen molar-refractivity contribution in [2.24, 2.45) is 0 Å². The smallest absolute Gasteiger partial charge is 0.244 e. The molecule has 0 aliphatic heterocycles. The lowest BCUT2D eigenvalue weighted by atomic mass is 10.1. The van der Waals surface area contributed by atoms with Crippen LogP contribution in [0.3, 0.4) is 0 Å². The van der Waals surface area contributed by atoms with Crippen LogP contribution in [0.25, 0.3) is 0 Å². The number of hydrogen-bond donors (Lipinski definition) is 1. The fraction of sp³-hybridized carbons (Fsp3) is 0.417. The Hall–Kier alpha value is -2.39. The van der Waals surface area contributed by atoms with Crippen LogP contribution in [-0.2, 0) is 26.2 Å². The first kappa shape index (κ1) is 26.9. The maximum atomic E-state index is 13.5. The quantitative estimate of drug-likeness (QED) is 0.553. The summed E-state index contributed by atoms with van der Waals surface area (Å²) in [5.41, 5.74) is 1.82. The van der Waals surface area contributed by atoms with E-state index in [4.69, 9.17) is 0 Å². The molecule has 1 atom stereocenters. The number of hydrogen-bond acceptors (Lipinski definition) is 4. The summed E-state index contributed by atoms with van der Waals surface area (Å²) in [6, 6.07) is 13.5. The van der Waals surface area contributed by atoms with E-state index in [1.165, 1.54) is 4.90 Å². The first-order valence-corrected chi connectivity index (χ1v) is 13.2. The Morgan fingerprint density at radius 1 is 1.03 bits per heavy atom. The van der Waals surface area contributed by atoms with E-state index in [1.54, 1.807) is 31.2 Å². The molecule has 0 aromatic heterocycles. The van der Waals surface area contributed by atoms with Crippen molar-refractivity contribution in [3.63, 3.8) is 0 Å². The summed E-state index contributed by atoms with van der Waals surface area (Å²) < 4.78 is 26.9. The molecule has 0 bridgehead atoms. The fourth-order valence-corrected chi connectivity index (χ4v) is 4.28. The van der Waals surface area contributed by atoms with Gasteiger partial charge in [0.2, 0.25) is 21.8 Å². The molecule has 2 rings (SSSR count). The Labute approximate surface area is 205 Å². The third-order valence-corrected chi connectivity index (χ3v) is 6.60. The van der Waals surface area contributed by atoms with Crippen LogP contribution in [0.1, 0.15) is 38.8 Å². The molecule has 180 valence electrons. The van der Waals surface area contributed by atoms with Crippen LogP contribution in [0.15, 0.2) is 53.0 Å². The van der Waals surface area contributed by atoms with Crippen LogP contribution in [0.2, 0.25) is 0 Å². The van der Waals surface area contributed by atoms with Gasteiger partial charge >= 0.3 is 0 Å². The number of aryl methyl sites for hydroxylation is 1. The number of rotatable bonds is 8. The molecule has 2 aromatic rings. The van der Waals surface area contributed by atoms with Gasteiger partial charge in [-0.15, -0.1) is 0 Å². The number of nitrogens with zero attached hydrogens (tertiary/aromatic N) is 2. The van der Waals surface area contributed by atoms with Gasteiger partial charge in [0, 0.05) is 16.6 Å². The Bertz CT molecular complexity index is 1080. The lowest BCUT2D eigenvalue weighted by Crippen LogP contribution is -2.54. The number of sulfonamides is 1. The monoisotopic (exact) mass is 537 g/mol. The molecule has 0 saturated heterocycles. The number of amides is 2. The molecule has 33 heavy (non-hydrogen) atoms. The van der Waals surface area contributed by atoms with E-state index in [0.29, 0.717) is 5.69 Å². The van der Waals surface area contributed by atoms with Gasteiger partial charge < -0.3 is 10.2 Å². The lowest BCUT2D eigenvalue weighted by Gasteiger charge is -2.33. The Morgan fingerprint density at radius 2 is 1.58 bits per heavy atom. The molecule has 1 N–H and O–H groups in total. The standard InChI is InChI=1S/C24H32BrN3O4S/c1-17-7-9-19(10-8-17)15-27(18(2)23(30)26-24(3,4)5)22(29)16-28(33(6,31)32)21-13-11-20(25)12-14-21/h7-14,18H,15-16H2,1-6H3,(H,26,30)/t18-/m1/s1. The van der Waals surface area contributed by atoms with E-state index in [9.17, 15) is 18.0 Å². The molecule has 2 amide bonds. The van der Waals surface area contributed by atoms with Crippen molar-refractivity contribution in [3.05, 3.63) is 64.1 Å². The average molecular weight is 539 g/mol. The largest absolute Gasteiger partial charge is 0.350 e. The fourth-order valence-electron chi connectivity index (χ4n) is 3.17. The van der Waals surface area contributed by atoms with Gasteiger partial charge in [-0.3, -0.25) is 13.9 Å². The SMILES string of the molecule is Cc1ccc(CN(C(=O)CN(c2ccc(Br)cc2)S(C)(=O)=O)[C@H](C)C(=O)NC(C)(C)C)cc1. The van der Waals surface area contributed by atoms with Crippen molar-refractivity contribution >= 4 is 43.5 Å². The Morgan fingerprint density at radius 3 is 2.06 bits per heavy atom. The zero-order valence-electron chi connectivity index (χ0n) is 19.9. The summed E-state index contributed by atoms with van der Waals surface area (Å²) in [5, 5.41) is 2.90. The summed E-state index contributed by atoms with van der Waals surface area (Å²) >= 11 is 3.33. The molecular formula is C24H32BrN3O4S. The Kier molecular flexibility index (Phi) is 8.70. The second kappa shape index (κ2) is 10.7. The highest BCUT2D eigenvalue weighted by Crippen LogP contribution is 2.22. The van der Waals surface area contributed by atoms with E-state index < -0.39 is 34.1 Å². The van der Waals surface area contributed by atoms with E-state index in [-0.39, 0.29) is 12.5 Å². The van der Waals surface area contributed by atoms with Gasteiger partial charge in [-0.25, -0.2) is 8.42 Å². The van der Waals surface area contributed by atoms with E-state index in [1.807, 2.05) is 52.0 Å². The van der Waals surface area contributed by atoms with Crippen molar-refractivity contribution in [3.8, 4) is 0 Å². The lowest BCUT2D eigenvalue weighted by molar-refractivity contribution is -0.140. The summed E-state index contributed by atoms with van der Waals surface area (Å²) in [6.45, 7) is 8.97. The highest BCUT2D eigenvalue weighted by molar-refractivity contribution is 9.10. The molecular weight excluding hydrogens is 506 g/mol. The Balaban J connectivity index is 2.38. The molecule has 0 spiro atoms. The van der Waals surface area contributed by atoms with Crippen molar-refractivity contribution in [1.29, 1.82) is 0 Å². The highest BCUT2D eigenvalue weighted by Gasteiger charge is 2.31. The topological polar surface area (TPSA) is 86.8 Å². The van der Waals surface area contributed by atoms with Gasteiger partial charge in [-0.2, -0.15) is 0 Å². The minimum atomic E-state index is -3.74. The highest BCUT2D eigenvalue weighted by atomic mass is 79.9. The third-order valence-electron chi connectivity index (χ3n) is 4.93. The molecule has 0 fully saturated rings. The number of benzene rings is 2. The van der Waals surface area contributed by atoms with Gasteiger partial charge in [-0.1, -0.05) is 45.8 Å². The van der Waals surface area contributed by atoms with Crippen LogP contribution in [0, 0.1) is 6.92 Å².